The van der Waals surface area contributed by atoms with Crippen molar-refractivity contribution in [3.63, 3.8) is 0 Å². The number of nitrogen functional groups attached to an aromatic ring is 1. The van der Waals surface area contributed by atoms with Gasteiger partial charge < -0.3 is 15.7 Å². The van der Waals surface area contributed by atoms with Crippen LogP contribution < -0.4 is 5.73 Å². The van der Waals surface area contributed by atoms with Crippen molar-refractivity contribution in [1.82, 2.24) is 4.90 Å². The highest BCUT2D eigenvalue weighted by molar-refractivity contribution is 9.10. The number of thiophene rings is 1. The normalized spacial score (nSPS) is 21.3. The van der Waals surface area contributed by atoms with Crippen molar-refractivity contribution in [2.75, 3.05) is 19.3 Å². The average molecular weight is 369 g/mol. The van der Waals surface area contributed by atoms with Gasteiger partial charge in [-0.25, -0.2) is 0 Å². The Morgan fingerprint density at radius 2 is 2.24 bits per heavy atom. The van der Waals surface area contributed by atoms with Crippen LogP contribution in [0.5, 0.6) is 0 Å². The van der Waals surface area contributed by atoms with E-state index >= 15 is 0 Å². The third kappa shape index (κ3) is 2.80. The van der Waals surface area contributed by atoms with Gasteiger partial charge in [-0.05, 0) is 37.0 Å². The highest BCUT2D eigenvalue weighted by Crippen LogP contribution is 2.36. The number of benzene rings is 1. The lowest BCUT2D eigenvalue weighted by molar-refractivity contribution is 0.0267. The van der Waals surface area contributed by atoms with Gasteiger partial charge in [0.25, 0.3) is 5.91 Å². The molecule has 1 aliphatic carbocycles. The fourth-order valence-corrected chi connectivity index (χ4v) is 4.20. The summed E-state index contributed by atoms with van der Waals surface area (Å²) in [5.41, 5.74) is 6.71. The lowest BCUT2D eigenvalue weighted by Crippen LogP contribution is -2.39. The van der Waals surface area contributed by atoms with E-state index in [1.54, 1.807) is 11.9 Å². The van der Waals surface area contributed by atoms with E-state index in [1.807, 2.05) is 18.2 Å². The number of aliphatic hydroxyl groups is 1. The second kappa shape index (κ2) is 5.59. The van der Waals surface area contributed by atoms with Crippen molar-refractivity contribution >= 4 is 48.9 Å². The predicted molar refractivity (Wildman–Crippen MR) is 89.6 cm³/mol. The molecule has 1 heterocycles. The number of aliphatic hydroxyl groups excluding tert-OH is 1. The molecule has 3 N–H and O–H groups in total. The minimum atomic E-state index is -0.190. The molecule has 21 heavy (non-hydrogen) atoms. The molecule has 4 nitrogen and oxygen atoms in total. The maximum Gasteiger partial charge on any atom is 0.265 e. The molecule has 112 valence electrons. The topological polar surface area (TPSA) is 66.6 Å². The van der Waals surface area contributed by atoms with Gasteiger partial charge in [-0.15, -0.1) is 11.3 Å². The van der Waals surface area contributed by atoms with Gasteiger partial charge in [0.1, 0.15) is 4.88 Å². The summed E-state index contributed by atoms with van der Waals surface area (Å²) in [5.74, 6) is 0.366. The zero-order valence-electron chi connectivity index (χ0n) is 11.7. The third-order valence-electron chi connectivity index (χ3n) is 3.97. The first kappa shape index (κ1) is 14.8. The number of anilines is 1. The summed E-state index contributed by atoms with van der Waals surface area (Å²) in [5, 5.41) is 10.2. The Morgan fingerprint density at radius 3 is 2.90 bits per heavy atom. The molecule has 0 saturated heterocycles. The number of halogens is 1. The zero-order valence-corrected chi connectivity index (χ0v) is 14.1. The summed E-state index contributed by atoms with van der Waals surface area (Å²) in [7, 11) is 1.80. The summed E-state index contributed by atoms with van der Waals surface area (Å²) in [6, 6.07) is 5.87. The third-order valence-corrected chi connectivity index (χ3v) is 5.64. The first-order valence-electron chi connectivity index (χ1n) is 6.86. The molecular weight excluding hydrogens is 352 g/mol. The van der Waals surface area contributed by atoms with Gasteiger partial charge in [0.05, 0.1) is 11.8 Å². The van der Waals surface area contributed by atoms with E-state index in [-0.39, 0.29) is 12.0 Å². The Kier molecular flexibility index (Phi) is 3.94. The van der Waals surface area contributed by atoms with Crippen molar-refractivity contribution in [2.24, 2.45) is 5.92 Å². The molecule has 0 bridgehead atoms. The fraction of sp³-hybridized carbons (Fsp3) is 0.400. The van der Waals surface area contributed by atoms with Crippen molar-refractivity contribution in [3.8, 4) is 0 Å². The summed E-state index contributed by atoms with van der Waals surface area (Å²) in [6.45, 7) is 0.674. The van der Waals surface area contributed by atoms with Crippen molar-refractivity contribution < 1.29 is 9.90 Å². The van der Waals surface area contributed by atoms with Crippen LogP contribution in [0.3, 0.4) is 0 Å². The quantitative estimate of drug-likeness (QED) is 0.874. The van der Waals surface area contributed by atoms with E-state index in [1.165, 1.54) is 11.3 Å². The largest absolute Gasteiger partial charge is 0.397 e. The van der Waals surface area contributed by atoms with Crippen LogP contribution in [-0.2, 0) is 0 Å². The van der Waals surface area contributed by atoms with Gasteiger partial charge in [0, 0.05) is 28.2 Å². The van der Waals surface area contributed by atoms with Crippen LogP contribution in [-0.4, -0.2) is 35.6 Å². The fourth-order valence-electron chi connectivity index (χ4n) is 2.74. The molecule has 1 aromatic carbocycles. The highest BCUT2D eigenvalue weighted by Gasteiger charge is 2.30. The number of carbonyl (C=O) groups is 1. The minimum Gasteiger partial charge on any atom is -0.397 e. The monoisotopic (exact) mass is 368 g/mol. The first-order chi connectivity index (χ1) is 9.95. The molecule has 0 atom stereocenters. The molecule has 1 fully saturated rings. The van der Waals surface area contributed by atoms with Gasteiger partial charge in [-0.1, -0.05) is 15.9 Å². The van der Waals surface area contributed by atoms with E-state index in [0.29, 0.717) is 23.0 Å². The maximum atomic E-state index is 12.6. The first-order valence-corrected chi connectivity index (χ1v) is 8.47. The van der Waals surface area contributed by atoms with E-state index in [2.05, 4.69) is 15.9 Å². The second-order valence-electron chi connectivity index (χ2n) is 5.66. The Bertz CT molecular complexity index is 694. The second-order valence-corrected chi connectivity index (χ2v) is 7.63. The number of amides is 1. The van der Waals surface area contributed by atoms with Gasteiger partial charge in [0.2, 0.25) is 0 Å². The van der Waals surface area contributed by atoms with Gasteiger partial charge in [-0.3, -0.25) is 4.79 Å². The van der Waals surface area contributed by atoms with Gasteiger partial charge >= 0.3 is 0 Å². The maximum absolute atomic E-state index is 12.6. The number of rotatable bonds is 3. The molecule has 2 aromatic rings. The lowest BCUT2D eigenvalue weighted by atomic mass is 9.82. The molecule has 0 aliphatic heterocycles. The smallest absolute Gasteiger partial charge is 0.265 e. The van der Waals surface area contributed by atoms with E-state index in [0.717, 1.165) is 27.4 Å². The summed E-state index contributed by atoms with van der Waals surface area (Å²) in [6.07, 6.45) is 1.38. The number of hydrogen-bond donors (Lipinski definition) is 2. The van der Waals surface area contributed by atoms with Crippen LogP contribution in [0.4, 0.5) is 5.69 Å². The molecule has 3 rings (SSSR count). The number of hydrogen-bond acceptors (Lipinski definition) is 4. The molecule has 1 saturated carbocycles. The van der Waals surface area contributed by atoms with Crippen LogP contribution >= 0.6 is 27.3 Å². The van der Waals surface area contributed by atoms with Crippen LogP contribution in [0, 0.1) is 5.92 Å². The standard InChI is InChI=1S/C15H17BrN2O2S/c1-18(7-8-4-10(19)5-8)15(20)14-13(17)11-6-9(16)2-3-12(11)21-14/h2-3,6,8,10,19H,4-5,7,17H2,1H3. The molecule has 1 amide bonds. The highest BCUT2D eigenvalue weighted by atomic mass is 79.9. The van der Waals surface area contributed by atoms with E-state index < -0.39 is 0 Å². The lowest BCUT2D eigenvalue weighted by Gasteiger charge is -2.34. The number of nitrogens with zero attached hydrogens (tertiary/aromatic N) is 1. The van der Waals surface area contributed by atoms with Crippen molar-refractivity contribution in [2.45, 2.75) is 18.9 Å². The van der Waals surface area contributed by atoms with Gasteiger partial charge in [-0.2, -0.15) is 0 Å². The molecule has 1 aromatic heterocycles. The Morgan fingerprint density at radius 1 is 1.52 bits per heavy atom. The number of carbonyl (C=O) groups excluding carboxylic acids is 1. The SMILES string of the molecule is CN(CC1CC(O)C1)C(=O)c1sc2ccc(Br)cc2c1N. The van der Waals surface area contributed by atoms with Crippen LogP contribution in [0.15, 0.2) is 22.7 Å². The molecule has 1 aliphatic rings. The van der Waals surface area contributed by atoms with Crippen molar-refractivity contribution in [3.05, 3.63) is 27.5 Å². The summed E-state index contributed by atoms with van der Waals surface area (Å²) in [4.78, 5) is 14.9. The van der Waals surface area contributed by atoms with Crippen LogP contribution in [0.1, 0.15) is 22.5 Å². The van der Waals surface area contributed by atoms with E-state index in [9.17, 15) is 9.90 Å². The molecule has 0 spiro atoms. The summed E-state index contributed by atoms with van der Waals surface area (Å²) >= 11 is 4.86. The number of nitrogens with two attached hydrogens (primary N) is 1. The molecular formula is C15H17BrN2O2S. The van der Waals surface area contributed by atoms with Crippen LogP contribution in [0.25, 0.3) is 10.1 Å². The molecule has 0 radical (unpaired) electrons. The molecule has 0 unspecified atom stereocenters. The van der Waals surface area contributed by atoms with Crippen molar-refractivity contribution in [1.29, 1.82) is 0 Å². The Balaban J connectivity index is 1.82. The average Bonchev–Trinajstić information content (AvgIpc) is 2.73. The van der Waals surface area contributed by atoms with E-state index in [4.69, 9.17) is 5.73 Å². The van der Waals surface area contributed by atoms with Crippen LogP contribution in [0.2, 0.25) is 0 Å². The Labute approximate surface area is 135 Å². The minimum absolute atomic E-state index is 0.0359. The zero-order chi connectivity index (χ0) is 15.1. The predicted octanol–water partition coefficient (Wildman–Crippen LogP) is 3.09. The summed E-state index contributed by atoms with van der Waals surface area (Å²) < 4.78 is 1.97. The molecule has 6 heteroatoms. The Hall–Kier alpha value is -1.11. The number of fused-ring (bicyclic) bond motifs is 1. The van der Waals surface area contributed by atoms with Gasteiger partial charge in [0.15, 0.2) is 0 Å².